The predicted octanol–water partition coefficient (Wildman–Crippen LogP) is 1.17. The van der Waals surface area contributed by atoms with Crippen molar-refractivity contribution < 1.29 is 9.59 Å². The smallest absolute Gasteiger partial charge is 0.317 e. The van der Waals surface area contributed by atoms with Gasteiger partial charge in [-0.2, -0.15) is 0 Å². The van der Waals surface area contributed by atoms with Gasteiger partial charge in [0.05, 0.1) is 0 Å². The maximum atomic E-state index is 12.6. The number of carbonyl (C=O) groups is 2. The number of likely N-dealkylation sites (tertiary alicyclic amines) is 1. The molecule has 1 atom stereocenters. The average molecular weight is 359 g/mol. The summed E-state index contributed by atoms with van der Waals surface area (Å²) in [7, 11) is 1.85. The van der Waals surface area contributed by atoms with E-state index in [-0.39, 0.29) is 23.4 Å². The van der Waals surface area contributed by atoms with Crippen molar-refractivity contribution in [3.05, 3.63) is 30.1 Å². The lowest BCUT2D eigenvalue weighted by Gasteiger charge is -2.33. The molecule has 1 N–H and O–H groups in total. The number of nitrogens with one attached hydrogen (secondary N) is 1. The van der Waals surface area contributed by atoms with E-state index < -0.39 is 0 Å². The number of urea groups is 1. The molecule has 0 aromatic carbocycles. The first-order valence-corrected chi connectivity index (χ1v) is 9.28. The van der Waals surface area contributed by atoms with Crippen molar-refractivity contribution in [2.24, 2.45) is 5.41 Å². The molecule has 2 fully saturated rings. The van der Waals surface area contributed by atoms with Crippen LogP contribution in [0.3, 0.4) is 0 Å². The van der Waals surface area contributed by atoms with Crippen LogP contribution in [0.5, 0.6) is 0 Å². The SMILES string of the molecule is CC(C)NC(=O)N1CCN(Cc2ccncc2)C[C@]2(CC(=O)N(C)C2)C1. The number of hydrogen-bond donors (Lipinski definition) is 1. The Kier molecular flexibility index (Phi) is 5.46. The Morgan fingerprint density at radius 1 is 1.23 bits per heavy atom. The number of amides is 3. The van der Waals surface area contributed by atoms with E-state index in [2.05, 4.69) is 15.2 Å². The Morgan fingerprint density at radius 2 is 1.96 bits per heavy atom. The fourth-order valence-corrected chi connectivity index (χ4v) is 4.06. The van der Waals surface area contributed by atoms with Gasteiger partial charge >= 0.3 is 6.03 Å². The molecule has 0 bridgehead atoms. The molecule has 3 rings (SSSR count). The quantitative estimate of drug-likeness (QED) is 0.880. The summed E-state index contributed by atoms with van der Waals surface area (Å²) >= 11 is 0. The van der Waals surface area contributed by atoms with Crippen molar-refractivity contribution in [1.29, 1.82) is 0 Å². The number of aromatic nitrogens is 1. The Hall–Kier alpha value is -2.15. The van der Waals surface area contributed by atoms with E-state index in [1.54, 1.807) is 17.3 Å². The zero-order valence-electron chi connectivity index (χ0n) is 15.9. The topological polar surface area (TPSA) is 68.8 Å². The molecular weight excluding hydrogens is 330 g/mol. The minimum Gasteiger partial charge on any atom is -0.345 e. The van der Waals surface area contributed by atoms with E-state index in [1.807, 2.05) is 37.9 Å². The normalized spacial score (nSPS) is 24.4. The summed E-state index contributed by atoms with van der Waals surface area (Å²) < 4.78 is 0. The Balaban J connectivity index is 1.78. The van der Waals surface area contributed by atoms with E-state index in [9.17, 15) is 9.59 Å². The minimum absolute atomic E-state index is 0.0351. The second-order valence-corrected chi connectivity index (χ2v) is 8.02. The van der Waals surface area contributed by atoms with Gasteiger partial charge in [-0.05, 0) is 31.5 Å². The van der Waals surface area contributed by atoms with Crippen molar-refractivity contribution in [1.82, 2.24) is 25.0 Å². The number of rotatable bonds is 3. The molecule has 3 amide bonds. The summed E-state index contributed by atoms with van der Waals surface area (Å²) in [4.78, 5) is 35.0. The zero-order valence-corrected chi connectivity index (χ0v) is 15.9. The second-order valence-electron chi connectivity index (χ2n) is 8.02. The van der Waals surface area contributed by atoms with Gasteiger partial charge in [-0.25, -0.2) is 4.79 Å². The minimum atomic E-state index is -0.205. The van der Waals surface area contributed by atoms with Gasteiger partial charge in [-0.15, -0.1) is 0 Å². The van der Waals surface area contributed by atoms with Gasteiger partial charge in [-0.3, -0.25) is 14.7 Å². The van der Waals surface area contributed by atoms with E-state index in [4.69, 9.17) is 0 Å². The van der Waals surface area contributed by atoms with Crippen LogP contribution >= 0.6 is 0 Å². The summed E-state index contributed by atoms with van der Waals surface area (Å²) in [5.41, 5.74) is 0.997. The molecule has 26 heavy (non-hydrogen) atoms. The van der Waals surface area contributed by atoms with Crippen LogP contribution < -0.4 is 5.32 Å². The van der Waals surface area contributed by atoms with Crippen LogP contribution in [0.2, 0.25) is 0 Å². The van der Waals surface area contributed by atoms with E-state index in [0.717, 1.165) is 19.6 Å². The number of hydrogen-bond acceptors (Lipinski definition) is 4. The molecule has 1 aromatic heterocycles. The Bertz CT molecular complexity index is 651. The molecule has 0 aliphatic carbocycles. The highest BCUT2D eigenvalue weighted by Crippen LogP contribution is 2.34. The Morgan fingerprint density at radius 3 is 2.58 bits per heavy atom. The van der Waals surface area contributed by atoms with Crippen LogP contribution in [0.1, 0.15) is 25.8 Å². The molecule has 142 valence electrons. The summed E-state index contributed by atoms with van der Waals surface area (Å²) in [6.07, 6.45) is 4.11. The lowest BCUT2D eigenvalue weighted by Crippen LogP contribution is -2.48. The Labute approximate surface area is 155 Å². The summed E-state index contributed by atoms with van der Waals surface area (Å²) in [5, 5.41) is 3.00. The van der Waals surface area contributed by atoms with E-state index >= 15 is 0 Å². The maximum Gasteiger partial charge on any atom is 0.317 e. The molecule has 0 unspecified atom stereocenters. The first-order valence-electron chi connectivity index (χ1n) is 9.28. The molecule has 3 heterocycles. The van der Waals surface area contributed by atoms with Crippen molar-refractivity contribution in [2.45, 2.75) is 32.9 Å². The summed E-state index contributed by atoms with van der Waals surface area (Å²) in [5.74, 6) is 0.167. The monoisotopic (exact) mass is 359 g/mol. The van der Waals surface area contributed by atoms with Crippen LogP contribution in [0.4, 0.5) is 4.79 Å². The molecule has 7 nitrogen and oxygen atoms in total. The lowest BCUT2D eigenvalue weighted by molar-refractivity contribution is -0.126. The van der Waals surface area contributed by atoms with Gasteiger partial charge in [0.2, 0.25) is 5.91 Å². The van der Waals surface area contributed by atoms with Crippen LogP contribution in [0.25, 0.3) is 0 Å². The summed E-state index contributed by atoms with van der Waals surface area (Å²) in [6, 6.07) is 4.11. The van der Waals surface area contributed by atoms with Gasteiger partial charge < -0.3 is 15.1 Å². The molecule has 0 saturated carbocycles. The fraction of sp³-hybridized carbons (Fsp3) is 0.632. The van der Waals surface area contributed by atoms with Crippen LogP contribution in [-0.4, -0.2) is 77.4 Å². The van der Waals surface area contributed by atoms with E-state index in [1.165, 1.54) is 5.56 Å². The van der Waals surface area contributed by atoms with Crippen molar-refractivity contribution >= 4 is 11.9 Å². The number of pyridine rings is 1. The highest BCUT2D eigenvalue weighted by Gasteiger charge is 2.46. The third-order valence-electron chi connectivity index (χ3n) is 5.15. The van der Waals surface area contributed by atoms with Crippen LogP contribution in [0, 0.1) is 5.41 Å². The average Bonchev–Trinajstić information content (AvgIpc) is 2.74. The molecule has 0 radical (unpaired) electrons. The van der Waals surface area contributed by atoms with Crippen molar-refractivity contribution in [3.8, 4) is 0 Å². The lowest BCUT2D eigenvalue weighted by atomic mass is 9.86. The fourth-order valence-electron chi connectivity index (χ4n) is 4.06. The summed E-state index contributed by atoms with van der Waals surface area (Å²) in [6.45, 7) is 8.34. The highest BCUT2D eigenvalue weighted by molar-refractivity contribution is 5.80. The van der Waals surface area contributed by atoms with Gasteiger partial charge in [0.15, 0.2) is 0 Å². The van der Waals surface area contributed by atoms with Gasteiger partial charge in [0.1, 0.15) is 0 Å². The van der Waals surface area contributed by atoms with Gasteiger partial charge in [0.25, 0.3) is 0 Å². The standard InChI is InChI=1S/C19H29N5O2/c1-15(2)21-18(26)24-9-8-23(11-16-4-6-20-7-5-16)13-19(14-24)10-17(25)22(3)12-19/h4-7,15H,8-14H2,1-3H3,(H,21,26)/t19-/m1/s1. The third-order valence-corrected chi connectivity index (χ3v) is 5.15. The predicted molar refractivity (Wildman–Crippen MR) is 99.4 cm³/mol. The largest absolute Gasteiger partial charge is 0.345 e. The first-order chi connectivity index (χ1) is 12.4. The van der Waals surface area contributed by atoms with Crippen molar-refractivity contribution in [3.63, 3.8) is 0 Å². The molecule has 1 aromatic rings. The van der Waals surface area contributed by atoms with E-state index in [0.29, 0.717) is 26.1 Å². The molecule has 7 heteroatoms. The highest BCUT2D eigenvalue weighted by atomic mass is 16.2. The van der Waals surface area contributed by atoms with Gasteiger partial charge in [0, 0.05) is 76.6 Å². The zero-order chi connectivity index (χ0) is 18.7. The molecule has 2 aliphatic rings. The van der Waals surface area contributed by atoms with Crippen LogP contribution in [0.15, 0.2) is 24.5 Å². The molecule has 2 aliphatic heterocycles. The molecular formula is C19H29N5O2. The number of carbonyl (C=O) groups excluding carboxylic acids is 2. The maximum absolute atomic E-state index is 12.6. The van der Waals surface area contributed by atoms with Gasteiger partial charge in [-0.1, -0.05) is 0 Å². The third kappa shape index (κ3) is 4.33. The second kappa shape index (κ2) is 7.61. The van der Waals surface area contributed by atoms with Crippen molar-refractivity contribution in [2.75, 3.05) is 39.8 Å². The molecule has 1 spiro atoms. The first kappa shape index (κ1) is 18.6. The number of nitrogens with zero attached hydrogens (tertiary/aromatic N) is 4. The molecule has 2 saturated heterocycles. The van der Waals surface area contributed by atoms with Crippen LogP contribution in [-0.2, 0) is 11.3 Å².